The molecule has 2 aliphatic rings. The van der Waals surface area contributed by atoms with Crippen LogP contribution in [-0.2, 0) is 4.79 Å². The second-order valence-electron chi connectivity index (χ2n) is 3.84. The van der Waals surface area contributed by atoms with Crippen molar-refractivity contribution in [1.82, 2.24) is 0 Å². The van der Waals surface area contributed by atoms with Crippen molar-refractivity contribution in [3.63, 3.8) is 0 Å². The maximum absolute atomic E-state index is 11.1. The molecule has 0 aromatic carbocycles. The predicted molar refractivity (Wildman–Crippen MR) is 44.2 cm³/mol. The molecule has 1 saturated carbocycles. The zero-order chi connectivity index (χ0) is 7.84. The number of carbonyl (C=O) groups excluding carboxylic acids is 1. The van der Waals surface area contributed by atoms with Gasteiger partial charge >= 0.3 is 0 Å². The molecule has 0 saturated heterocycles. The van der Waals surface area contributed by atoms with Crippen LogP contribution in [0.2, 0.25) is 0 Å². The zero-order valence-corrected chi connectivity index (χ0v) is 6.97. The van der Waals surface area contributed by atoms with Gasteiger partial charge in [-0.2, -0.15) is 0 Å². The lowest BCUT2D eigenvalue weighted by Gasteiger charge is -2.25. The summed E-state index contributed by atoms with van der Waals surface area (Å²) in [6, 6.07) is 0. The Bertz CT molecular complexity index is 215. The van der Waals surface area contributed by atoms with Crippen LogP contribution >= 0.6 is 0 Å². The lowest BCUT2D eigenvalue weighted by atomic mass is 9.79. The van der Waals surface area contributed by atoms with Crippen LogP contribution in [0.4, 0.5) is 0 Å². The van der Waals surface area contributed by atoms with Crippen LogP contribution in [-0.4, -0.2) is 5.78 Å². The summed E-state index contributed by atoms with van der Waals surface area (Å²) >= 11 is 0. The van der Waals surface area contributed by atoms with Gasteiger partial charge in [-0.15, -0.1) is 0 Å². The fraction of sp³-hybridized carbons (Fsp3) is 0.700. The second-order valence-corrected chi connectivity index (χ2v) is 3.84. The summed E-state index contributed by atoms with van der Waals surface area (Å²) in [4.78, 5) is 11.1. The standard InChI is InChI=1S/C10H14O/c1-7-3-2-4-8-5-9(11)6-10(7)8/h6-8H,2-5H2,1H3. The molecule has 0 spiro atoms. The first-order valence-corrected chi connectivity index (χ1v) is 4.51. The summed E-state index contributed by atoms with van der Waals surface area (Å²) < 4.78 is 0. The van der Waals surface area contributed by atoms with Crippen molar-refractivity contribution in [2.75, 3.05) is 0 Å². The Labute approximate surface area is 67.5 Å². The molecule has 0 radical (unpaired) electrons. The number of hydrogen-bond acceptors (Lipinski definition) is 1. The van der Waals surface area contributed by atoms with E-state index in [1.54, 1.807) is 0 Å². The Kier molecular flexibility index (Phi) is 1.59. The van der Waals surface area contributed by atoms with Gasteiger partial charge in [0.05, 0.1) is 0 Å². The van der Waals surface area contributed by atoms with Gasteiger partial charge in [-0.3, -0.25) is 4.79 Å². The molecule has 0 bridgehead atoms. The van der Waals surface area contributed by atoms with Gasteiger partial charge in [0.25, 0.3) is 0 Å². The van der Waals surface area contributed by atoms with E-state index in [1.165, 1.54) is 24.8 Å². The van der Waals surface area contributed by atoms with Crippen molar-refractivity contribution in [2.45, 2.75) is 32.6 Å². The molecule has 0 aromatic rings. The van der Waals surface area contributed by atoms with E-state index in [-0.39, 0.29) is 0 Å². The minimum absolute atomic E-state index is 0.360. The Balaban J connectivity index is 2.22. The largest absolute Gasteiger partial charge is 0.295 e. The van der Waals surface area contributed by atoms with E-state index in [1.807, 2.05) is 6.08 Å². The van der Waals surface area contributed by atoms with E-state index in [9.17, 15) is 4.79 Å². The first-order valence-electron chi connectivity index (χ1n) is 4.51. The van der Waals surface area contributed by atoms with Gasteiger partial charge in [0.1, 0.15) is 0 Å². The van der Waals surface area contributed by atoms with Crippen LogP contribution in [0.5, 0.6) is 0 Å². The number of fused-ring (bicyclic) bond motifs is 1. The molecule has 2 unspecified atom stereocenters. The summed E-state index contributed by atoms with van der Waals surface area (Å²) in [7, 11) is 0. The molecule has 1 heteroatoms. The Morgan fingerprint density at radius 2 is 2.27 bits per heavy atom. The van der Waals surface area contributed by atoms with Crippen molar-refractivity contribution < 1.29 is 4.79 Å². The lowest BCUT2D eigenvalue weighted by molar-refractivity contribution is -0.114. The van der Waals surface area contributed by atoms with Crippen molar-refractivity contribution in [2.24, 2.45) is 11.8 Å². The van der Waals surface area contributed by atoms with Crippen molar-refractivity contribution in [1.29, 1.82) is 0 Å². The first-order chi connectivity index (χ1) is 5.27. The molecule has 0 amide bonds. The van der Waals surface area contributed by atoms with Crippen molar-refractivity contribution in [3.8, 4) is 0 Å². The van der Waals surface area contributed by atoms with E-state index in [0.717, 1.165) is 6.42 Å². The molecule has 1 nitrogen and oxygen atoms in total. The Hall–Kier alpha value is -0.590. The SMILES string of the molecule is CC1CCCC2CC(=O)C=C12. The molecule has 2 atom stereocenters. The maximum atomic E-state index is 11.1. The van der Waals surface area contributed by atoms with Crippen molar-refractivity contribution >= 4 is 5.78 Å². The fourth-order valence-electron chi connectivity index (χ4n) is 2.37. The molecule has 0 aliphatic heterocycles. The molecule has 11 heavy (non-hydrogen) atoms. The number of hydrogen-bond donors (Lipinski definition) is 0. The average molecular weight is 150 g/mol. The highest BCUT2D eigenvalue weighted by molar-refractivity contribution is 5.93. The maximum Gasteiger partial charge on any atom is 0.156 e. The number of ketones is 1. The minimum atomic E-state index is 0.360. The third kappa shape index (κ3) is 1.13. The zero-order valence-electron chi connectivity index (χ0n) is 6.97. The molecule has 0 N–H and O–H groups in total. The summed E-state index contributed by atoms with van der Waals surface area (Å²) in [6.07, 6.45) is 6.56. The minimum Gasteiger partial charge on any atom is -0.295 e. The quantitative estimate of drug-likeness (QED) is 0.518. The fourth-order valence-corrected chi connectivity index (χ4v) is 2.37. The van der Waals surface area contributed by atoms with Crippen LogP contribution in [0, 0.1) is 11.8 Å². The smallest absolute Gasteiger partial charge is 0.156 e. The third-order valence-electron chi connectivity index (χ3n) is 3.01. The van der Waals surface area contributed by atoms with E-state index < -0.39 is 0 Å². The monoisotopic (exact) mass is 150 g/mol. The molecule has 1 fully saturated rings. The first kappa shape index (κ1) is 7.08. The highest BCUT2D eigenvalue weighted by Gasteiger charge is 2.30. The van der Waals surface area contributed by atoms with Crippen LogP contribution in [0.1, 0.15) is 32.6 Å². The number of rotatable bonds is 0. The van der Waals surface area contributed by atoms with Crippen molar-refractivity contribution in [3.05, 3.63) is 11.6 Å². The number of allylic oxidation sites excluding steroid dienone is 2. The van der Waals surface area contributed by atoms with Gasteiger partial charge in [-0.05, 0) is 30.8 Å². The van der Waals surface area contributed by atoms with Gasteiger partial charge < -0.3 is 0 Å². The molecular formula is C10H14O. The summed E-state index contributed by atoms with van der Waals surface area (Å²) in [6.45, 7) is 2.25. The Morgan fingerprint density at radius 1 is 1.45 bits per heavy atom. The van der Waals surface area contributed by atoms with Gasteiger partial charge in [-0.1, -0.05) is 18.9 Å². The molecule has 60 valence electrons. The van der Waals surface area contributed by atoms with E-state index >= 15 is 0 Å². The van der Waals surface area contributed by atoms with Crippen LogP contribution in [0.3, 0.4) is 0 Å². The van der Waals surface area contributed by atoms with Crippen LogP contribution in [0.25, 0.3) is 0 Å². The molecular weight excluding hydrogens is 136 g/mol. The van der Waals surface area contributed by atoms with E-state index in [4.69, 9.17) is 0 Å². The average Bonchev–Trinajstić information content (AvgIpc) is 2.31. The van der Waals surface area contributed by atoms with E-state index in [0.29, 0.717) is 17.6 Å². The summed E-state index contributed by atoms with van der Waals surface area (Å²) in [5.41, 5.74) is 1.45. The highest BCUT2D eigenvalue weighted by Crippen LogP contribution is 2.39. The highest BCUT2D eigenvalue weighted by atomic mass is 16.1. The molecule has 2 aliphatic carbocycles. The van der Waals surface area contributed by atoms with Gasteiger partial charge in [-0.25, -0.2) is 0 Å². The van der Waals surface area contributed by atoms with Gasteiger partial charge in [0.2, 0.25) is 0 Å². The normalized spacial score (nSPS) is 36.8. The van der Waals surface area contributed by atoms with Crippen LogP contribution < -0.4 is 0 Å². The van der Waals surface area contributed by atoms with Gasteiger partial charge in [0, 0.05) is 6.42 Å². The number of carbonyl (C=O) groups is 1. The molecule has 0 heterocycles. The van der Waals surface area contributed by atoms with E-state index in [2.05, 4.69) is 6.92 Å². The topological polar surface area (TPSA) is 17.1 Å². The lowest BCUT2D eigenvalue weighted by Crippen LogP contribution is -2.13. The Morgan fingerprint density at radius 3 is 3.00 bits per heavy atom. The van der Waals surface area contributed by atoms with Crippen LogP contribution in [0.15, 0.2) is 11.6 Å². The third-order valence-corrected chi connectivity index (χ3v) is 3.01. The predicted octanol–water partition coefficient (Wildman–Crippen LogP) is 2.32. The van der Waals surface area contributed by atoms with Gasteiger partial charge in [0.15, 0.2) is 5.78 Å². The summed E-state index contributed by atoms with van der Waals surface area (Å²) in [5, 5.41) is 0. The molecule has 2 rings (SSSR count). The second kappa shape index (κ2) is 2.47. The molecule has 0 aromatic heterocycles. The summed E-state index contributed by atoms with van der Waals surface area (Å²) in [5.74, 6) is 1.67.